The van der Waals surface area contributed by atoms with Crippen molar-refractivity contribution in [2.45, 2.75) is 12.8 Å². The number of hydrogen-bond donors (Lipinski definition) is 1. The minimum atomic E-state index is 0. The topological polar surface area (TPSA) is 53.5 Å². The first-order chi connectivity index (χ1) is 10.3. The number of anilines is 1. The van der Waals surface area contributed by atoms with Crippen LogP contribution in [0.2, 0.25) is 0 Å². The lowest BCUT2D eigenvalue weighted by molar-refractivity contribution is 0.196. The second-order valence-electron chi connectivity index (χ2n) is 5.90. The van der Waals surface area contributed by atoms with E-state index in [1.165, 1.54) is 32.5 Å². The molecule has 3 heterocycles. The second kappa shape index (κ2) is 8.50. The van der Waals surface area contributed by atoms with Crippen LogP contribution in [0.1, 0.15) is 12.8 Å². The summed E-state index contributed by atoms with van der Waals surface area (Å²) in [4.78, 5) is 13.4. The zero-order chi connectivity index (χ0) is 14.5. The number of piperazine rings is 1. The highest BCUT2D eigenvalue weighted by atomic mass is 35.5. The minimum Gasteiger partial charge on any atom is -0.481 e. The molecule has 0 unspecified atom stereocenters. The van der Waals surface area contributed by atoms with Crippen molar-refractivity contribution >= 4 is 18.2 Å². The summed E-state index contributed by atoms with van der Waals surface area (Å²) in [7, 11) is 1.64. The Kier molecular flexibility index (Phi) is 6.67. The Bertz CT molecular complexity index is 447. The van der Waals surface area contributed by atoms with Crippen molar-refractivity contribution in [3.8, 4) is 5.88 Å². The fourth-order valence-electron chi connectivity index (χ4n) is 3.20. The van der Waals surface area contributed by atoms with Gasteiger partial charge in [-0.2, -0.15) is 0 Å². The molecule has 0 spiro atoms. The molecule has 2 saturated heterocycles. The maximum atomic E-state index is 5.17. The molecule has 0 radical (unpaired) electrons. The van der Waals surface area contributed by atoms with Crippen LogP contribution < -0.4 is 15.0 Å². The quantitative estimate of drug-likeness (QED) is 0.891. The van der Waals surface area contributed by atoms with Crippen molar-refractivity contribution in [3.63, 3.8) is 0 Å². The lowest BCUT2D eigenvalue weighted by Gasteiger charge is -2.37. The molecule has 2 aliphatic rings. The third kappa shape index (κ3) is 4.44. The molecule has 1 aromatic heterocycles. The second-order valence-corrected chi connectivity index (χ2v) is 5.90. The number of rotatable bonds is 4. The number of ether oxygens (including phenoxy) is 1. The van der Waals surface area contributed by atoms with E-state index in [2.05, 4.69) is 25.1 Å². The Morgan fingerprint density at radius 3 is 2.59 bits per heavy atom. The molecule has 0 aliphatic carbocycles. The Labute approximate surface area is 138 Å². The van der Waals surface area contributed by atoms with Gasteiger partial charge in [0.1, 0.15) is 12.1 Å². The summed E-state index contributed by atoms with van der Waals surface area (Å²) in [6.45, 7) is 7.93. The highest BCUT2D eigenvalue weighted by Crippen LogP contribution is 2.19. The molecule has 0 amide bonds. The van der Waals surface area contributed by atoms with Crippen LogP contribution in [-0.2, 0) is 0 Å². The SMILES string of the molecule is COc1cc(N2CCN(CC3CCNCC3)CC2)ncn1.Cl. The van der Waals surface area contributed by atoms with Crippen molar-refractivity contribution in [2.75, 3.05) is 57.8 Å². The van der Waals surface area contributed by atoms with Crippen LogP contribution in [0.4, 0.5) is 5.82 Å². The van der Waals surface area contributed by atoms with Crippen molar-refractivity contribution in [2.24, 2.45) is 5.92 Å². The monoisotopic (exact) mass is 327 g/mol. The molecule has 2 aliphatic heterocycles. The van der Waals surface area contributed by atoms with Gasteiger partial charge in [0.2, 0.25) is 5.88 Å². The van der Waals surface area contributed by atoms with Crippen LogP contribution in [0, 0.1) is 5.92 Å². The van der Waals surface area contributed by atoms with E-state index in [-0.39, 0.29) is 12.4 Å². The molecule has 0 saturated carbocycles. The van der Waals surface area contributed by atoms with Crippen LogP contribution in [-0.4, -0.2) is 67.8 Å². The Balaban J connectivity index is 0.00000176. The minimum absolute atomic E-state index is 0. The Morgan fingerprint density at radius 2 is 1.91 bits per heavy atom. The molecule has 2 fully saturated rings. The summed E-state index contributed by atoms with van der Waals surface area (Å²) in [5.41, 5.74) is 0. The zero-order valence-electron chi connectivity index (χ0n) is 13.2. The molecule has 0 atom stereocenters. The van der Waals surface area contributed by atoms with Gasteiger partial charge in [0.25, 0.3) is 0 Å². The van der Waals surface area contributed by atoms with E-state index in [0.717, 1.165) is 37.9 Å². The van der Waals surface area contributed by atoms with E-state index in [0.29, 0.717) is 5.88 Å². The number of nitrogens with one attached hydrogen (secondary N) is 1. The molecular formula is C15H26ClN5O. The first kappa shape index (κ1) is 17.2. The predicted molar refractivity (Wildman–Crippen MR) is 90.1 cm³/mol. The largest absolute Gasteiger partial charge is 0.481 e. The van der Waals surface area contributed by atoms with Crippen LogP contribution in [0.5, 0.6) is 5.88 Å². The van der Waals surface area contributed by atoms with Gasteiger partial charge in [-0.25, -0.2) is 9.97 Å². The first-order valence-electron chi connectivity index (χ1n) is 7.89. The summed E-state index contributed by atoms with van der Waals surface area (Å²) in [5.74, 6) is 2.48. The number of halogens is 1. The van der Waals surface area contributed by atoms with E-state index >= 15 is 0 Å². The van der Waals surface area contributed by atoms with Gasteiger partial charge >= 0.3 is 0 Å². The predicted octanol–water partition coefficient (Wildman–Crippen LogP) is 1.03. The fraction of sp³-hybridized carbons (Fsp3) is 0.733. The van der Waals surface area contributed by atoms with Crippen LogP contribution in [0.15, 0.2) is 12.4 Å². The highest BCUT2D eigenvalue weighted by molar-refractivity contribution is 5.85. The van der Waals surface area contributed by atoms with Crippen LogP contribution >= 0.6 is 12.4 Å². The lowest BCUT2D eigenvalue weighted by Crippen LogP contribution is -2.48. The van der Waals surface area contributed by atoms with Gasteiger partial charge in [-0.1, -0.05) is 0 Å². The average molecular weight is 328 g/mol. The summed E-state index contributed by atoms with van der Waals surface area (Å²) < 4.78 is 5.17. The van der Waals surface area contributed by atoms with Gasteiger partial charge in [-0.15, -0.1) is 12.4 Å². The zero-order valence-corrected chi connectivity index (χ0v) is 14.0. The maximum absolute atomic E-state index is 5.17. The third-order valence-corrected chi connectivity index (χ3v) is 4.51. The summed E-state index contributed by atoms with van der Waals surface area (Å²) in [6, 6.07) is 1.92. The Morgan fingerprint density at radius 1 is 1.18 bits per heavy atom. The summed E-state index contributed by atoms with van der Waals surface area (Å²) in [5, 5.41) is 3.44. The molecule has 6 nitrogen and oxygen atoms in total. The van der Waals surface area contributed by atoms with Crippen molar-refractivity contribution in [1.82, 2.24) is 20.2 Å². The normalized spacial score (nSPS) is 20.5. The smallest absolute Gasteiger partial charge is 0.218 e. The average Bonchev–Trinajstić information content (AvgIpc) is 2.56. The molecular weight excluding hydrogens is 302 g/mol. The van der Waals surface area contributed by atoms with Gasteiger partial charge < -0.3 is 15.0 Å². The molecule has 1 aromatic rings. The van der Waals surface area contributed by atoms with Crippen LogP contribution in [0.3, 0.4) is 0 Å². The third-order valence-electron chi connectivity index (χ3n) is 4.51. The van der Waals surface area contributed by atoms with E-state index in [9.17, 15) is 0 Å². The first-order valence-corrected chi connectivity index (χ1v) is 7.89. The van der Waals surface area contributed by atoms with E-state index in [4.69, 9.17) is 4.74 Å². The van der Waals surface area contributed by atoms with E-state index in [1.54, 1.807) is 13.4 Å². The molecule has 3 rings (SSSR count). The van der Waals surface area contributed by atoms with E-state index < -0.39 is 0 Å². The number of nitrogens with zero attached hydrogens (tertiary/aromatic N) is 4. The molecule has 0 bridgehead atoms. The number of aromatic nitrogens is 2. The maximum Gasteiger partial charge on any atom is 0.218 e. The highest BCUT2D eigenvalue weighted by Gasteiger charge is 2.22. The van der Waals surface area contributed by atoms with E-state index in [1.807, 2.05) is 6.07 Å². The standard InChI is InChI=1S/C15H25N5O.ClH/c1-21-15-10-14(17-12-18-15)20-8-6-19(7-9-20)11-13-2-4-16-5-3-13;/h10,12-13,16H,2-9,11H2,1H3;1H. The molecule has 22 heavy (non-hydrogen) atoms. The lowest BCUT2D eigenvalue weighted by atomic mass is 9.97. The van der Waals surface area contributed by atoms with Crippen molar-refractivity contribution in [1.29, 1.82) is 0 Å². The van der Waals surface area contributed by atoms with Gasteiger partial charge in [-0.05, 0) is 31.8 Å². The summed E-state index contributed by atoms with van der Waals surface area (Å²) >= 11 is 0. The molecule has 1 N–H and O–H groups in total. The molecule has 124 valence electrons. The van der Waals surface area contributed by atoms with Gasteiger partial charge in [0.15, 0.2) is 0 Å². The molecule has 7 heteroatoms. The number of piperidine rings is 1. The summed E-state index contributed by atoms with van der Waals surface area (Å²) in [6.07, 6.45) is 4.22. The van der Waals surface area contributed by atoms with Gasteiger partial charge in [0, 0.05) is 38.8 Å². The van der Waals surface area contributed by atoms with Crippen LogP contribution in [0.25, 0.3) is 0 Å². The fourth-order valence-corrected chi connectivity index (χ4v) is 3.20. The van der Waals surface area contributed by atoms with Crippen molar-refractivity contribution < 1.29 is 4.74 Å². The van der Waals surface area contributed by atoms with Crippen molar-refractivity contribution in [3.05, 3.63) is 12.4 Å². The number of hydrogen-bond acceptors (Lipinski definition) is 6. The van der Waals surface area contributed by atoms with Gasteiger partial charge in [-0.3, -0.25) is 4.90 Å². The number of methoxy groups -OCH3 is 1. The Hall–Kier alpha value is -1.11. The van der Waals surface area contributed by atoms with Gasteiger partial charge in [0.05, 0.1) is 7.11 Å². The molecule has 0 aromatic carbocycles.